The molecule has 1 N–H and O–H groups in total. The van der Waals surface area contributed by atoms with E-state index in [9.17, 15) is 0 Å². The number of nitrogens with zero attached hydrogens (tertiary/aromatic N) is 2. The van der Waals surface area contributed by atoms with E-state index < -0.39 is 0 Å². The molecular formula is C23H25N3. The van der Waals surface area contributed by atoms with Gasteiger partial charge < -0.3 is 5.32 Å². The molecule has 3 nitrogen and oxygen atoms in total. The van der Waals surface area contributed by atoms with Gasteiger partial charge in [-0.25, -0.2) is 9.97 Å². The summed E-state index contributed by atoms with van der Waals surface area (Å²) in [6.45, 7) is 2.34. The molecule has 26 heavy (non-hydrogen) atoms. The standard InChI is InChI=1S/C23H25N3/c1-15(20-14-16-11-12-18(20)13-16)24-23-19-9-5-6-10-21(19)25-22(26-23)17-7-3-2-4-8-17/h2-10,15-16,18,20H,11-14H2,1H3,(H,24,25,26)/t15-,16-,18-,20+/m0/s1. The predicted molar refractivity (Wildman–Crippen MR) is 107 cm³/mol. The van der Waals surface area contributed by atoms with E-state index in [-0.39, 0.29) is 0 Å². The zero-order valence-electron chi connectivity index (χ0n) is 15.2. The number of fused-ring (bicyclic) bond motifs is 3. The lowest BCUT2D eigenvalue weighted by Crippen LogP contribution is -2.30. The highest BCUT2D eigenvalue weighted by Gasteiger charge is 2.41. The largest absolute Gasteiger partial charge is 0.367 e. The van der Waals surface area contributed by atoms with Crippen molar-refractivity contribution < 1.29 is 0 Å². The number of anilines is 1. The van der Waals surface area contributed by atoms with Crippen molar-refractivity contribution >= 4 is 16.7 Å². The zero-order chi connectivity index (χ0) is 17.5. The van der Waals surface area contributed by atoms with Crippen molar-refractivity contribution in [1.82, 2.24) is 9.97 Å². The topological polar surface area (TPSA) is 37.8 Å². The summed E-state index contributed by atoms with van der Waals surface area (Å²) in [6.07, 6.45) is 5.69. The maximum absolute atomic E-state index is 4.92. The van der Waals surface area contributed by atoms with Gasteiger partial charge in [0.2, 0.25) is 0 Å². The highest BCUT2D eigenvalue weighted by atomic mass is 15.1. The molecule has 132 valence electrons. The van der Waals surface area contributed by atoms with Gasteiger partial charge in [-0.05, 0) is 56.1 Å². The first-order valence-corrected chi connectivity index (χ1v) is 9.86. The molecule has 0 aliphatic heterocycles. The molecule has 2 aromatic carbocycles. The lowest BCUT2D eigenvalue weighted by atomic mass is 9.84. The second kappa shape index (κ2) is 6.39. The number of aromatic nitrogens is 2. The SMILES string of the molecule is C[C@H](Nc1nc(-c2ccccc2)nc2ccccc12)[C@H]1C[C@H]2CC[C@H]1C2. The molecule has 1 heterocycles. The number of hydrogen-bond donors (Lipinski definition) is 1. The van der Waals surface area contributed by atoms with Gasteiger partial charge in [0.05, 0.1) is 5.52 Å². The number of nitrogens with one attached hydrogen (secondary N) is 1. The maximum Gasteiger partial charge on any atom is 0.162 e. The second-order valence-electron chi connectivity index (χ2n) is 8.05. The van der Waals surface area contributed by atoms with E-state index in [1.54, 1.807) is 0 Å². The summed E-state index contributed by atoms with van der Waals surface area (Å²) >= 11 is 0. The quantitative estimate of drug-likeness (QED) is 0.676. The van der Waals surface area contributed by atoms with Crippen molar-refractivity contribution in [3.8, 4) is 11.4 Å². The highest BCUT2D eigenvalue weighted by molar-refractivity contribution is 5.90. The van der Waals surface area contributed by atoms with Crippen LogP contribution in [-0.4, -0.2) is 16.0 Å². The van der Waals surface area contributed by atoms with E-state index in [1.807, 2.05) is 24.3 Å². The van der Waals surface area contributed by atoms with Crippen LogP contribution in [0.1, 0.15) is 32.6 Å². The highest BCUT2D eigenvalue weighted by Crippen LogP contribution is 2.50. The maximum atomic E-state index is 4.92. The van der Waals surface area contributed by atoms with Crippen molar-refractivity contribution in [2.75, 3.05) is 5.32 Å². The minimum Gasteiger partial charge on any atom is -0.367 e. The summed E-state index contributed by atoms with van der Waals surface area (Å²) in [5.74, 6) is 4.43. The minimum absolute atomic E-state index is 0.451. The predicted octanol–water partition coefficient (Wildman–Crippen LogP) is 5.53. The summed E-state index contributed by atoms with van der Waals surface area (Å²) in [7, 11) is 0. The molecule has 2 fully saturated rings. The smallest absolute Gasteiger partial charge is 0.162 e. The normalized spacial score (nSPS) is 25.5. The fourth-order valence-electron chi connectivity index (χ4n) is 5.13. The Bertz CT molecular complexity index is 921. The van der Waals surface area contributed by atoms with E-state index in [0.717, 1.165) is 45.9 Å². The van der Waals surface area contributed by atoms with Crippen LogP contribution in [0, 0.1) is 17.8 Å². The van der Waals surface area contributed by atoms with Crippen LogP contribution < -0.4 is 5.32 Å². The van der Waals surface area contributed by atoms with Crippen LogP contribution in [0.5, 0.6) is 0 Å². The van der Waals surface area contributed by atoms with Gasteiger partial charge in [-0.15, -0.1) is 0 Å². The van der Waals surface area contributed by atoms with Gasteiger partial charge >= 0.3 is 0 Å². The van der Waals surface area contributed by atoms with Crippen molar-refractivity contribution in [3.63, 3.8) is 0 Å². The molecule has 0 unspecified atom stereocenters. The Morgan fingerprint density at radius 1 is 0.923 bits per heavy atom. The fourth-order valence-corrected chi connectivity index (χ4v) is 5.13. The third-order valence-electron chi connectivity index (χ3n) is 6.43. The summed E-state index contributed by atoms with van der Waals surface area (Å²) in [5.41, 5.74) is 2.07. The summed E-state index contributed by atoms with van der Waals surface area (Å²) < 4.78 is 0. The van der Waals surface area contributed by atoms with E-state index in [0.29, 0.717) is 6.04 Å². The van der Waals surface area contributed by atoms with E-state index in [4.69, 9.17) is 9.97 Å². The van der Waals surface area contributed by atoms with Crippen LogP contribution in [0.25, 0.3) is 22.3 Å². The van der Waals surface area contributed by atoms with Crippen LogP contribution >= 0.6 is 0 Å². The fraction of sp³-hybridized carbons (Fsp3) is 0.391. The second-order valence-corrected chi connectivity index (χ2v) is 8.05. The Balaban J connectivity index is 1.51. The first-order valence-electron chi connectivity index (χ1n) is 9.86. The van der Waals surface area contributed by atoms with Crippen molar-refractivity contribution in [2.24, 2.45) is 17.8 Å². The van der Waals surface area contributed by atoms with Crippen LogP contribution in [-0.2, 0) is 0 Å². The molecule has 3 aromatic rings. The van der Waals surface area contributed by atoms with Gasteiger partial charge in [0.25, 0.3) is 0 Å². The molecule has 0 amide bonds. The van der Waals surface area contributed by atoms with Crippen LogP contribution in [0.4, 0.5) is 5.82 Å². The number of para-hydroxylation sites is 1. The van der Waals surface area contributed by atoms with E-state index in [2.05, 4.69) is 42.6 Å². The van der Waals surface area contributed by atoms with Crippen LogP contribution in [0.3, 0.4) is 0 Å². The van der Waals surface area contributed by atoms with Gasteiger partial charge in [-0.1, -0.05) is 48.9 Å². The van der Waals surface area contributed by atoms with Gasteiger partial charge in [0.15, 0.2) is 5.82 Å². The molecule has 4 atom stereocenters. The lowest BCUT2D eigenvalue weighted by molar-refractivity contribution is 0.304. The number of rotatable bonds is 4. The first-order chi connectivity index (χ1) is 12.8. The number of benzene rings is 2. The van der Waals surface area contributed by atoms with Crippen LogP contribution in [0.2, 0.25) is 0 Å². The van der Waals surface area contributed by atoms with Gasteiger partial charge in [-0.3, -0.25) is 0 Å². The first kappa shape index (κ1) is 15.8. The van der Waals surface area contributed by atoms with Gasteiger partial charge in [-0.2, -0.15) is 0 Å². The molecule has 2 saturated carbocycles. The molecule has 2 bridgehead atoms. The average molecular weight is 343 g/mol. The Morgan fingerprint density at radius 3 is 2.50 bits per heavy atom. The molecule has 5 rings (SSSR count). The minimum atomic E-state index is 0.451. The third-order valence-corrected chi connectivity index (χ3v) is 6.43. The Labute approximate surface area is 154 Å². The Kier molecular flexibility index (Phi) is 3.88. The van der Waals surface area contributed by atoms with Gasteiger partial charge in [0.1, 0.15) is 5.82 Å². The zero-order valence-corrected chi connectivity index (χ0v) is 15.2. The summed E-state index contributed by atoms with van der Waals surface area (Å²) in [6, 6.07) is 19.0. The number of hydrogen-bond acceptors (Lipinski definition) is 3. The Hall–Kier alpha value is -2.42. The molecule has 2 aliphatic rings. The lowest BCUT2D eigenvalue weighted by Gasteiger charge is -2.29. The monoisotopic (exact) mass is 343 g/mol. The molecule has 2 aliphatic carbocycles. The van der Waals surface area contributed by atoms with E-state index in [1.165, 1.54) is 25.7 Å². The van der Waals surface area contributed by atoms with Crippen molar-refractivity contribution in [3.05, 3.63) is 54.6 Å². The molecule has 0 radical (unpaired) electrons. The summed E-state index contributed by atoms with van der Waals surface area (Å²) in [5, 5.41) is 4.88. The molecular weight excluding hydrogens is 318 g/mol. The third kappa shape index (κ3) is 2.76. The molecule has 1 aromatic heterocycles. The Morgan fingerprint density at radius 2 is 1.73 bits per heavy atom. The summed E-state index contributed by atoms with van der Waals surface area (Å²) in [4.78, 5) is 9.72. The average Bonchev–Trinajstić information content (AvgIpc) is 3.32. The van der Waals surface area contributed by atoms with Crippen molar-refractivity contribution in [1.29, 1.82) is 0 Å². The van der Waals surface area contributed by atoms with Gasteiger partial charge in [0, 0.05) is 17.0 Å². The van der Waals surface area contributed by atoms with E-state index >= 15 is 0 Å². The van der Waals surface area contributed by atoms with Crippen LogP contribution in [0.15, 0.2) is 54.6 Å². The molecule has 0 spiro atoms. The molecule has 0 saturated heterocycles. The molecule has 3 heteroatoms. The van der Waals surface area contributed by atoms with Crippen molar-refractivity contribution in [2.45, 2.75) is 38.6 Å².